The second kappa shape index (κ2) is 5.37. The van der Waals surface area contributed by atoms with Crippen LogP contribution in [0.15, 0.2) is 22.7 Å². The maximum Gasteiger partial charge on any atom is 0.335 e. The molecule has 4 bridgehead atoms. The minimum absolute atomic E-state index is 0.193. The van der Waals surface area contributed by atoms with E-state index in [0.29, 0.717) is 6.42 Å². The van der Waals surface area contributed by atoms with Crippen LogP contribution in [0.25, 0.3) is 0 Å². The fraction of sp³-hybridized carbons (Fsp3) is 0.647. The normalized spacial score (nSPS) is 36.5. The van der Waals surface area contributed by atoms with E-state index in [-0.39, 0.29) is 17.2 Å². The SMILES string of the molecule is N/C(=N\OC(=O)CC12CC3CC(CC(C3)C1)C2)c1cccs1. The fourth-order valence-corrected chi connectivity index (χ4v) is 6.03. The summed E-state index contributed by atoms with van der Waals surface area (Å²) < 4.78 is 0. The summed E-state index contributed by atoms with van der Waals surface area (Å²) >= 11 is 1.49. The Balaban J connectivity index is 1.39. The van der Waals surface area contributed by atoms with E-state index in [1.54, 1.807) is 0 Å². The van der Waals surface area contributed by atoms with E-state index in [4.69, 9.17) is 10.6 Å². The average Bonchev–Trinajstić information content (AvgIpc) is 2.97. The van der Waals surface area contributed by atoms with Gasteiger partial charge in [-0.05, 0) is 73.1 Å². The number of rotatable bonds is 4. The summed E-state index contributed by atoms with van der Waals surface area (Å²) in [5.41, 5.74) is 6.03. The van der Waals surface area contributed by atoms with Gasteiger partial charge in [0.25, 0.3) is 0 Å². The molecule has 0 saturated heterocycles. The van der Waals surface area contributed by atoms with Crippen molar-refractivity contribution in [1.29, 1.82) is 0 Å². The lowest BCUT2D eigenvalue weighted by Crippen LogP contribution is -2.47. The van der Waals surface area contributed by atoms with Crippen LogP contribution in [0.3, 0.4) is 0 Å². The molecular formula is C17H22N2O2S. The molecule has 1 heterocycles. The summed E-state index contributed by atoms with van der Waals surface area (Å²) in [4.78, 5) is 18.2. The Labute approximate surface area is 134 Å². The Morgan fingerprint density at radius 1 is 1.27 bits per heavy atom. The quantitative estimate of drug-likeness (QED) is 0.400. The monoisotopic (exact) mass is 318 g/mol. The van der Waals surface area contributed by atoms with Crippen LogP contribution in [0.2, 0.25) is 0 Å². The minimum atomic E-state index is -0.221. The standard InChI is InChI=1S/C17H22N2O2S/c18-16(14-2-1-3-22-14)19-21-15(20)10-17-7-11-4-12(8-17)6-13(5-11)9-17/h1-3,11-13H,4-10H2,(H2,18,19). The summed E-state index contributed by atoms with van der Waals surface area (Å²) in [6, 6.07) is 3.77. The van der Waals surface area contributed by atoms with E-state index < -0.39 is 0 Å². The molecule has 4 aliphatic carbocycles. The number of hydrogen-bond acceptors (Lipinski definition) is 4. The van der Waals surface area contributed by atoms with Crippen LogP contribution < -0.4 is 5.73 Å². The highest BCUT2D eigenvalue weighted by atomic mass is 32.1. The molecule has 1 aromatic heterocycles. The predicted octanol–water partition coefficient (Wildman–Crippen LogP) is 3.52. The highest BCUT2D eigenvalue weighted by Gasteiger charge is 2.51. The molecule has 0 atom stereocenters. The van der Waals surface area contributed by atoms with E-state index >= 15 is 0 Å². The lowest BCUT2D eigenvalue weighted by Gasteiger charge is -2.56. The Morgan fingerprint density at radius 3 is 2.45 bits per heavy atom. The van der Waals surface area contributed by atoms with Gasteiger partial charge in [-0.15, -0.1) is 11.3 Å². The molecule has 118 valence electrons. The lowest BCUT2D eigenvalue weighted by molar-refractivity contribution is -0.152. The molecule has 0 radical (unpaired) electrons. The van der Waals surface area contributed by atoms with Crippen LogP contribution in [0.4, 0.5) is 0 Å². The maximum atomic E-state index is 12.2. The number of thiophene rings is 1. The fourth-order valence-electron chi connectivity index (χ4n) is 5.41. The summed E-state index contributed by atoms with van der Waals surface area (Å²) in [7, 11) is 0. The first-order chi connectivity index (χ1) is 10.6. The molecule has 2 N–H and O–H groups in total. The molecule has 1 aromatic rings. The number of oxime groups is 1. The Bertz CT molecular complexity index is 559. The number of hydrogen-bond donors (Lipinski definition) is 1. The van der Waals surface area contributed by atoms with Gasteiger partial charge in [-0.25, -0.2) is 4.79 Å². The highest BCUT2D eigenvalue weighted by Crippen LogP contribution is 2.61. The second-order valence-electron chi connectivity index (χ2n) is 7.51. The van der Waals surface area contributed by atoms with Crippen molar-refractivity contribution in [1.82, 2.24) is 0 Å². The molecule has 4 aliphatic rings. The Kier molecular flexibility index (Phi) is 3.48. The van der Waals surface area contributed by atoms with E-state index in [9.17, 15) is 4.79 Å². The summed E-state index contributed by atoms with van der Waals surface area (Å²) in [5.74, 6) is 2.60. The van der Waals surface area contributed by atoms with Gasteiger partial charge in [0.05, 0.1) is 11.3 Å². The topological polar surface area (TPSA) is 64.7 Å². The van der Waals surface area contributed by atoms with Gasteiger partial charge in [-0.3, -0.25) is 0 Å². The van der Waals surface area contributed by atoms with Crippen LogP contribution in [0.5, 0.6) is 0 Å². The van der Waals surface area contributed by atoms with E-state index in [1.165, 1.54) is 49.9 Å². The first-order valence-electron chi connectivity index (χ1n) is 8.19. The van der Waals surface area contributed by atoms with Gasteiger partial charge in [0.2, 0.25) is 0 Å². The van der Waals surface area contributed by atoms with Crippen LogP contribution in [0.1, 0.15) is 49.8 Å². The average molecular weight is 318 g/mol. The molecule has 0 amide bonds. The number of carbonyl (C=O) groups is 1. The lowest BCUT2D eigenvalue weighted by atomic mass is 9.49. The minimum Gasteiger partial charge on any atom is -0.380 e. The predicted molar refractivity (Wildman–Crippen MR) is 86.4 cm³/mol. The molecule has 22 heavy (non-hydrogen) atoms. The third-order valence-electron chi connectivity index (χ3n) is 5.70. The van der Waals surface area contributed by atoms with Gasteiger partial charge in [-0.1, -0.05) is 11.2 Å². The highest BCUT2D eigenvalue weighted by molar-refractivity contribution is 7.12. The zero-order valence-electron chi connectivity index (χ0n) is 12.7. The third kappa shape index (κ3) is 2.67. The number of nitrogens with two attached hydrogens (primary N) is 1. The largest absolute Gasteiger partial charge is 0.380 e. The van der Waals surface area contributed by atoms with Crippen molar-refractivity contribution < 1.29 is 9.63 Å². The smallest absolute Gasteiger partial charge is 0.335 e. The van der Waals surface area contributed by atoms with Crippen LogP contribution >= 0.6 is 11.3 Å². The first-order valence-corrected chi connectivity index (χ1v) is 9.07. The van der Waals surface area contributed by atoms with E-state index in [2.05, 4.69) is 5.16 Å². The van der Waals surface area contributed by atoms with Crippen molar-refractivity contribution in [3.8, 4) is 0 Å². The van der Waals surface area contributed by atoms with Gasteiger partial charge in [0.1, 0.15) is 0 Å². The van der Waals surface area contributed by atoms with Crippen molar-refractivity contribution in [2.45, 2.75) is 44.9 Å². The maximum absolute atomic E-state index is 12.2. The van der Waals surface area contributed by atoms with Gasteiger partial charge in [0, 0.05) is 0 Å². The molecule has 5 rings (SSSR count). The van der Waals surface area contributed by atoms with E-state index in [1.807, 2.05) is 17.5 Å². The molecule has 4 fully saturated rings. The van der Waals surface area contributed by atoms with Gasteiger partial charge in [0.15, 0.2) is 5.84 Å². The first kappa shape index (κ1) is 14.2. The third-order valence-corrected chi connectivity index (χ3v) is 6.60. The van der Waals surface area contributed by atoms with Gasteiger partial charge >= 0.3 is 5.97 Å². The van der Waals surface area contributed by atoms with Crippen LogP contribution in [-0.2, 0) is 9.63 Å². The van der Waals surface area contributed by atoms with E-state index in [0.717, 1.165) is 22.6 Å². The molecule has 0 aromatic carbocycles. The van der Waals surface area contributed by atoms with Crippen molar-refractivity contribution in [3.63, 3.8) is 0 Å². The molecule has 0 unspecified atom stereocenters. The van der Waals surface area contributed by atoms with Crippen molar-refractivity contribution >= 4 is 23.1 Å². The number of amidine groups is 1. The molecule has 4 nitrogen and oxygen atoms in total. The van der Waals surface area contributed by atoms with Crippen LogP contribution in [-0.4, -0.2) is 11.8 Å². The number of nitrogens with zero attached hydrogens (tertiary/aromatic N) is 1. The zero-order chi connectivity index (χ0) is 15.2. The van der Waals surface area contributed by atoms with Crippen LogP contribution in [0, 0.1) is 23.2 Å². The van der Waals surface area contributed by atoms with Crippen molar-refractivity contribution in [2.24, 2.45) is 34.1 Å². The zero-order valence-corrected chi connectivity index (χ0v) is 13.5. The van der Waals surface area contributed by atoms with Crippen molar-refractivity contribution in [3.05, 3.63) is 22.4 Å². The van der Waals surface area contributed by atoms with Crippen molar-refractivity contribution in [2.75, 3.05) is 0 Å². The second-order valence-corrected chi connectivity index (χ2v) is 8.46. The summed E-state index contributed by atoms with van der Waals surface area (Å²) in [6.07, 6.45) is 8.29. The summed E-state index contributed by atoms with van der Waals surface area (Å²) in [6.45, 7) is 0. The molecule has 5 heteroatoms. The molecule has 0 spiro atoms. The summed E-state index contributed by atoms with van der Waals surface area (Å²) in [5, 5.41) is 5.75. The van der Waals surface area contributed by atoms with Gasteiger partial charge < -0.3 is 10.6 Å². The molecule has 4 saturated carbocycles. The Morgan fingerprint density at radius 2 is 1.91 bits per heavy atom. The molecular weight excluding hydrogens is 296 g/mol. The Hall–Kier alpha value is -1.36. The molecule has 0 aliphatic heterocycles. The number of carbonyl (C=O) groups excluding carboxylic acids is 1. The van der Waals surface area contributed by atoms with Gasteiger partial charge in [-0.2, -0.15) is 0 Å².